The van der Waals surface area contributed by atoms with Gasteiger partial charge in [-0.25, -0.2) is 4.58 Å². The first-order chi connectivity index (χ1) is 11.1. The third-order valence-corrected chi connectivity index (χ3v) is 3.45. The number of nitrogens with two attached hydrogens (primary N) is 1. The molecule has 24 heavy (non-hydrogen) atoms. The lowest BCUT2D eigenvalue weighted by atomic mass is 9.85. The molecule has 0 aromatic heterocycles. The van der Waals surface area contributed by atoms with Crippen molar-refractivity contribution in [3.63, 3.8) is 0 Å². The summed E-state index contributed by atoms with van der Waals surface area (Å²) in [6.07, 6.45) is 5.88. The molecule has 0 aliphatic rings. The summed E-state index contributed by atoms with van der Waals surface area (Å²) >= 11 is 0. The molecule has 5 heteroatoms. The van der Waals surface area contributed by atoms with Gasteiger partial charge >= 0.3 is 6.02 Å². The minimum absolute atomic E-state index is 0.181. The average Bonchev–Trinajstić information content (AvgIpc) is 2.43. The van der Waals surface area contributed by atoms with Crippen molar-refractivity contribution in [1.82, 2.24) is 0 Å². The van der Waals surface area contributed by atoms with Gasteiger partial charge in [-0.15, -0.1) is 0 Å². The van der Waals surface area contributed by atoms with Crippen LogP contribution < -0.4 is 5.73 Å². The molecule has 5 nitrogen and oxygen atoms in total. The smallest absolute Gasteiger partial charge is 0.441 e. The Kier molecular flexibility index (Phi) is 14.7. The minimum Gasteiger partial charge on any atom is -0.481 e. The van der Waals surface area contributed by atoms with E-state index in [1.54, 1.807) is 0 Å². The quantitative estimate of drug-likeness (QED) is 0.355. The molecule has 0 saturated carbocycles. The Morgan fingerprint density at radius 3 is 1.92 bits per heavy atom. The number of hydrogen-bond donors (Lipinski definition) is 2. The molecule has 0 amide bonds. The molecule has 0 fully saturated rings. The predicted octanol–water partition coefficient (Wildman–Crippen LogP) is 4.09. The van der Waals surface area contributed by atoms with E-state index < -0.39 is 5.97 Å². The molecule has 0 aromatic rings. The zero-order valence-corrected chi connectivity index (χ0v) is 17.0. The summed E-state index contributed by atoms with van der Waals surface area (Å²) < 4.78 is 8.09. The lowest BCUT2D eigenvalue weighted by Crippen LogP contribution is -2.35. The SMILES string of the molecule is CC(=O)O.CCCC[N+](CCCC)=C(N)OCC(C)(C)CC(C)C. The van der Waals surface area contributed by atoms with E-state index in [1.807, 2.05) is 0 Å². The molecule has 0 aliphatic carbocycles. The fourth-order valence-corrected chi connectivity index (χ4v) is 2.55. The van der Waals surface area contributed by atoms with Crippen LogP contribution in [0.5, 0.6) is 0 Å². The summed E-state index contributed by atoms with van der Waals surface area (Å²) in [4.78, 5) is 9.00. The van der Waals surface area contributed by atoms with Crippen molar-refractivity contribution < 1.29 is 19.2 Å². The van der Waals surface area contributed by atoms with Crippen LogP contribution in [0.3, 0.4) is 0 Å². The van der Waals surface area contributed by atoms with Gasteiger partial charge in [0.05, 0.1) is 13.1 Å². The summed E-state index contributed by atoms with van der Waals surface area (Å²) in [6, 6.07) is 0.615. The monoisotopic (exact) mass is 345 g/mol. The summed E-state index contributed by atoms with van der Waals surface area (Å²) in [5, 5.41) is 7.42. The second-order valence-electron chi connectivity index (χ2n) is 7.60. The van der Waals surface area contributed by atoms with Crippen LogP contribution in [0.2, 0.25) is 0 Å². The largest absolute Gasteiger partial charge is 0.481 e. The Labute approximate surface area is 149 Å². The van der Waals surface area contributed by atoms with Crippen LogP contribution in [0.4, 0.5) is 0 Å². The fourth-order valence-electron chi connectivity index (χ4n) is 2.55. The van der Waals surface area contributed by atoms with Gasteiger partial charge in [0.2, 0.25) is 0 Å². The van der Waals surface area contributed by atoms with Crippen LogP contribution in [0.1, 0.15) is 80.6 Å². The Hall–Kier alpha value is -1.26. The summed E-state index contributed by atoms with van der Waals surface area (Å²) in [5.74, 6) is -0.147. The molecular weight excluding hydrogens is 304 g/mol. The molecule has 0 radical (unpaired) electrons. The van der Waals surface area contributed by atoms with E-state index in [-0.39, 0.29) is 5.41 Å². The van der Waals surface area contributed by atoms with Gasteiger partial charge in [-0.3, -0.25) is 10.5 Å². The molecule has 0 atom stereocenters. The Balaban J connectivity index is 0. The average molecular weight is 346 g/mol. The van der Waals surface area contributed by atoms with Gasteiger partial charge in [-0.2, -0.15) is 0 Å². The van der Waals surface area contributed by atoms with E-state index in [9.17, 15) is 0 Å². The van der Waals surface area contributed by atoms with Crippen LogP contribution in [-0.2, 0) is 9.53 Å². The topological polar surface area (TPSA) is 75.6 Å². The number of carboxylic acids is 1. The highest BCUT2D eigenvalue weighted by Gasteiger charge is 2.22. The van der Waals surface area contributed by atoms with Crippen LogP contribution >= 0.6 is 0 Å². The van der Waals surface area contributed by atoms with Gasteiger partial charge < -0.3 is 9.84 Å². The number of hydrogen-bond acceptors (Lipinski definition) is 2. The van der Waals surface area contributed by atoms with Crippen molar-refractivity contribution in [2.75, 3.05) is 19.7 Å². The number of rotatable bonds is 10. The highest BCUT2D eigenvalue weighted by molar-refractivity contribution is 5.65. The van der Waals surface area contributed by atoms with Crippen molar-refractivity contribution in [3.05, 3.63) is 0 Å². The molecule has 0 saturated heterocycles. The molecule has 0 heterocycles. The Morgan fingerprint density at radius 2 is 1.58 bits per heavy atom. The van der Waals surface area contributed by atoms with E-state index in [4.69, 9.17) is 20.4 Å². The first-order valence-corrected chi connectivity index (χ1v) is 9.25. The van der Waals surface area contributed by atoms with E-state index in [0.29, 0.717) is 18.5 Å². The maximum absolute atomic E-state index is 9.00. The number of carboxylic acid groups (broad SMARTS) is 1. The van der Waals surface area contributed by atoms with Gasteiger partial charge in [0.15, 0.2) is 0 Å². The van der Waals surface area contributed by atoms with Crippen LogP contribution in [0.25, 0.3) is 0 Å². The van der Waals surface area contributed by atoms with Gasteiger partial charge in [0.25, 0.3) is 5.97 Å². The molecule has 0 aromatic carbocycles. The maximum atomic E-state index is 9.00. The van der Waals surface area contributed by atoms with Crippen molar-refractivity contribution in [2.24, 2.45) is 17.1 Å². The molecule has 144 valence electrons. The number of aliphatic carboxylic acids is 1. The summed E-state index contributed by atoms with van der Waals surface area (Å²) in [7, 11) is 0. The lowest BCUT2D eigenvalue weighted by Gasteiger charge is -2.25. The van der Waals surface area contributed by atoms with Gasteiger partial charge in [-0.05, 0) is 30.6 Å². The first-order valence-electron chi connectivity index (χ1n) is 9.25. The van der Waals surface area contributed by atoms with Crippen molar-refractivity contribution >= 4 is 12.0 Å². The number of unbranched alkanes of at least 4 members (excludes halogenated alkanes) is 2. The molecule has 0 bridgehead atoms. The zero-order chi connectivity index (χ0) is 19.2. The van der Waals surface area contributed by atoms with Crippen LogP contribution in [0.15, 0.2) is 0 Å². The van der Waals surface area contributed by atoms with Crippen molar-refractivity contribution in [1.29, 1.82) is 0 Å². The number of ether oxygens (including phenoxy) is 1. The highest BCUT2D eigenvalue weighted by atomic mass is 16.5. The molecule has 0 unspecified atom stereocenters. The van der Waals surface area contributed by atoms with Crippen LogP contribution in [0, 0.1) is 11.3 Å². The fraction of sp³-hybridized carbons (Fsp3) is 0.895. The van der Waals surface area contributed by atoms with E-state index in [0.717, 1.165) is 26.4 Å². The molecule has 3 N–H and O–H groups in total. The van der Waals surface area contributed by atoms with E-state index >= 15 is 0 Å². The number of carbonyl (C=O) groups is 1. The summed E-state index contributed by atoms with van der Waals surface area (Å²) in [5.41, 5.74) is 6.34. The Morgan fingerprint density at radius 1 is 1.17 bits per heavy atom. The second kappa shape index (κ2) is 14.1. The standard InChI is InChI=1S/C17H36N2O.C2H4O2/c1-7-9-11-19(12-10-8-2)16(18)20-14-17(5,6)13-15(3)4;1-2(3)4/h15,18H,7-14H2,1-6H3;1H3,(H,3,4)/p+1. The van der Waals surface area contributed by atoms with Crippen molar-refractivity contribution in [3.8, 4) is 0 Å². The normalized spacial score (nSPS) is 10.8. The van der Waals surface area contributed by atoms with Gasteiger partial charge in [0, 0.05) is 6.92 Å². The predicted molar refractivity (Wildman–Crippen MR) is 102 cm³/mol. The highest BCUT2D eigenvalue weighted by Crippen LogP contribution is 2.25. The zero-order valence-electron chi connectivity index (χ0n) is 17.0. The number of nitrogens with zero attached hydrogens (tertiary/aromatic N) is 1. The molecular formula is C19H41N2O3+. The molecule has 0 rings (SSSR count). The summed E-state index contributed by atoms with van der Waals surface area (Å²) in [6.45, 7) is 17.2. The Bertz CT molecular complexity index is 350. The van der Waals surface area contributed by atoms with Crippen molar-refractivity contribution in [2.45, 2.75) is 80.6 Å². The molecule has 0 aliphatic heterocycles. The van der Waals surface area contributed by atoms with Crippen LogP contribution in [-0.4, -0.2) is 41.4 Å². The van der Waals surface area contributed by atoms with Gasteiger partial charge in [-0.1, -0.05) is 54.4 Å². The third kappa shape index (κ3) is 17.1. The number of amidine groups is 1. The third-order valence-electron chi connectivity index (χ3n) is 3.45. The second-order valence-corrected chi connectivity index (χ2v) is 7.60. The molecule has 0 spiro atoms. The minimum atomic E-state index is -0.833. The van der Waals surface area contributed by atoms with E-state index in [1.165, 1.54) is 25.7 Å². The lowest BCUT2D eigenvalue weighted by molar-refractivity contribution is -0.538. The first kappa shape index (κ1) is 25.0. The maximum Gasteiger partial charge on any atom is 0.441 e. The van der Waals surface area contributed by atoms with Gasteiger partial charge in [0.1, 0.15) is 6.61 Å². The van der Waals surface area contributed by atoms with E-state index in [2.05, 4.69) is 46.1 Å².